The lowest BCUT2D eigenvalue weighted by atomic mass is 10.1. The molecule has 0 saturated carbocycles. The van der Waals surface area contributed by atoms with Crippen molar-refractivity contribution in [2.45, 2.75) is 38.6 Å². The highest BCUT2D eigenvalue weighted by molar-refractivity contribution is 7.89. The van der Waals surface area contributed by atoms with Crippen LogP contribution in [0.5, 0.6) is 5.75 Å². The molecule has 0 fully saturated rings. The van der Waals surface area contributed by atoms with Crippen molar-refractivity contribution in [3.8, 4) is 5.75 Å². The molecule has 0 aliphatic heterocycles. The Morgan fingerprint density at radius 1 is 1.22 bits per heavy atom. The average Bonchev–Trinajstić information content (AvgIpc) is 2.28. The second-order valence-electron chi connectivity index (χ2n) is 4.79. The van der Waals surface area contributed by atoms with Crippen molar-refractivity contribution < 1.29 is 13.2 Å². The first-order chi connectivity index (χ1) is 8.27. The van der Waals surface area contributed by atoms with E-state index in [-0.39, 0.29) is 16.9 Å². The third kappa shape index (κ3) is 3.46. The van der Waals surface area contributed by atoms with Crippen LogP contribution in [0.1, 0.15) is 26.3 Å². The highest BCUT2D eigenvalue weighted by Gasteiger charge is 2.19. The zero-order chi connectivity index (χ0) is 13.9. The highest BCUT2D eigenvalue weighted by Crippen LogP contribution is 2.21. The van der Waals surface area contributed by atoms with E-state index in [4.69, 9.17) is 4.74 Å². The highest BCUT2D eigenvalue weighted by atomic mass is 32.2. The topological polar surface area (TPSA) is 55.4 Å². The SMILES string of the molecule is COc1ccc(S(=O)(=O)NC(C)C(C)C)cc1C. The summed E-state index contributed by atoms with van der Waals surface area (Å²) in [5.74, 6) is 0.935. The molecule has 0 aliphatic rings. The van der Waals surface area contributed by atoms with E-state index >= 15 is 0 Å². The monoisotopic (exact) mass is 271 g/mol. The summed E-state index contributed by atoms with van der Waals surface area (Å²) >= 11 is 0. The van der Waals surface area contributed by atoms with Crippen LogP contribution in [0.4, 0.5) is 0 Å². The van der Waals surface area contributed by atoms with Gasteiger partial charge in [-0.1, -0.05) is 13.8 Å². The summed E-state index contributed by atoms with van der Waals surface area (Å²) in [7, 11) is -1.89. The van der Waals surface area contributed by atoms with Gasteiger partial charge >= 0.3 is 0 Å². The Morgan fingerprint density at radius 2 is 1.83 bits per heavy atom. The number of hydrogen-bond acceptors (Lipinski definition) is 3. The van der Waals surface area contributed by atoms with E-state index in [9.17, 15) is 8.42 Å². The van der Waals surface area contributed by atoms with Crippen LogP contribution in [0, 0.1) is 12.8 Å². The third-order valence-electron chi connectivity index (χ3n) is 3.02. The zero-order valence-electron chi connectivity index (χ0n) is 11.5. The van der Waals surface area contributed by atoms with Crippen LogP contribution in [0.3, 0.4) is 0 Å². The third-order valence-corrected chi connectivity index (χ3v) is 4.57. The van der Waals surface area contributed by atoms with Crippen molar-refractivity contribution in [3.63, 3.8) is 0 Å². The van der Waals surface area contributed by atoms with E-state index in [0.717, 1.165) is 5.56 Å². The van der Waals surface area contributed by atoms with Crippen molar-refractivity contribution in [2.75, 3.05) is 7.11 Å². The summed E-state index contributed by atoms with van der Waals surface area (Å²) in [5.41, 5.74) is 0.803. The van der Waals surface area contributed by atoms with Crippen LogP contribution >= 0.6 is 0 Å². The summed E-state index contributed by atoms with van der Waals surface area (Å²) < 4.78 is 32.1. The number of nitrogens with one attached hydrogen (secondary N) is 1. The molecule has 1 N–H and O–H groups in total. The second kappa shape index (κ2) is 5.71. The Kier molecular flexibility index (Phi) is 4.76. The van der Waals surface area contributed by atoms with Gasteiger partial charge in [-0.3, -0.25) is 0 Å². The van der Waals surface area contributed by atoms with Gasteiger partial charge in [-0.25, -0.2) is 13.1 Å². The molecule has 5 heteroatoms. The first kappa shape index (κ1) is 15.0. The molecule has 1 aromatic rings. The number of benzene rings is 1. The van der Waals surface area contributed by atoms with Gasteiger partial charge in [0.2, 0.25) is 10.0 Å². The molecule has 1 aromatic carbocycles. The minimum absolute atomic E-state index is 0.0996. The fourth-order valence-corrected chi connectivity index (χ4v) is 2.94. The molecule has 4 nitrogen and oxygen atoms in total. The first-order valence-corrected chi connectivity index (χ1v) is 7.43. The Morgan fingerprint density at radius 3 is 2.28 bits per heavy atom. The molecule has 0 aromatic heterocycles. The summed E-state index contributed by atoms with van der Waals surface area (Å²) in [6.07, 6.45) is 0. The molecule has 18 heavy (non-hydrogen) atoms. The van der Waals surface area contributed by atoms with Crippen molar-refractivity contribution in [1.82, 2.24) is 4.72 Å². The lowest BCUT2D eigenvalue weighted by molar-refractivity contribution is 0.411. The molecule has 0 saturated heterocycles. The smallest absolute Gasteiger partial charge is 0.240 e. The van der Waals surface area contributed by atoms with Crippen LogP contribution in [0.2, 0.25) is 0 Å². The quantitative estimate of drug-likeness (QED) is 0.894. The molecule has 0 spiro atoms. The molecule has 1 unspecified atom stereocenters. The lowest BCUT2D eigenvalue weighted by Crippen LogP contribution is -2.36. The second-order valence-corrected chi connectivity index (χ2v) is 6.50. The van der Waals surface area contributed by atoms with Gasteiger partial charge in [0.05, 0.1) is 12.0 Å². The predicted octanol–water partition coefficient (Wildman–Crippen LogP) is 2.33. The molecular weight excluding hydrogens is 250 g/mol. The number of sulfonamides is 1. The number of hydrogen-bond donors (Lipinski definition) is 1. The predicted molar refractivity (Wildman–Crippen MR) is 72.4 cm³/mol. The van der Waals surface area contributed by atoms with Gasteiger partial charge in [-0.05, 0) is 43.5 Å². The molecule has 0 aliphatic carbocycles. The van der Waals surface area contributed by atoms with Crippen molar-refractivity contribution in [2.24, 2.45) is 5.92 Å². The average molecular weight is 271 g/mol. The summed E-state index contributed by atoms with van der Waals surface area (Å²) in [4.78, 5) is 0.272. The zero-order valence-corrected chi connectivity index (χ0v) is 12.3. The minimum Gasteiger partial charge on any atom is -0.496 e. The molecule has 102 valence electrons. The number of ether oxygens (including phenoxy) is 1. The van der Waals surface area contributed by atoms with Gasteiger partial charge in [0, 0.05) is 6.04 Å². The maximum absolute atomic E-state index is 12.1. The van der Waals surface area contributed by atoms with Gasteiger partial charge in [-0.2, -0.15) is 0 Å². The maximum Gasteiger partial charge on any atom is 0.240 e. The molecule has 0 bridgehead atoms. The van der Waals surface area contributed by atoms with Gasteiger partial charge in [0.15, 0.2) is 0 Å². The van der Waals surface area contributed by atoms with Crippen LogP contribution in [-0.2, 0) is 10.0 Å². The molecule has 0 amide bonds. The number of aryl methyl sites for hydroxylation is 1. The lowest BCUT2D eigenvalue weighted by Gasteiger charge is -2.18. The normalized spacial score (nSPS) is 13.7. The van der Waals surface area contributed by atoms with Gasteiger partial charge < -0.3 is 4.74 Å². The van der Waals surface area contributed by atoms with Gasteiger partial charge in [0.25, 0.3) is 0 Å². The molecule has 1 atom stereocenters. The van der Waals surface area contributed by atoms with E-state index in [0.29, 0.717) is 5.75 Å². The molecule has 0 radical (unpaired) electrons. The maximum atomic E-state index is 12.1. The van der Waals surface area contributed by atoms with Crippen LogP contribution < -0.4 is 9.46 Å². The number of rotatable bonds is 5. The van der Waals surface area contributed by atoms with E-state index in [1.807, 2.05) is 27.7 Å². The molecular formula is C13H21NO3S. The Labute approximate surface area is 109 Å². The van der Waals surface area contributed by atoms with Crippen LogP contribution in [-0.4, -0.2) is 21.6 Å². The molecule has 0 heterocycles. The Hall–Kier alpha value is -1.07. The van der Waals surface area contributed by atoms with Crippen molar-refractivity contribution in [1.29, 1.82) is 0 Å². The summed E-state index contributed by atoms with van der Waals surface area (Å²) in [6.45, 7) is 7.64. The van der Waals surface area contributed by atoms with Gasteiger partial charge in [0.1, 0.15) is 5.75 Å². The molecule has 1 rings (SSSR count). The van der Waals surface area contributed by atoms with E-state index < -0.39 is 10.0 Å². The minimum atomic E-state index is -3.46. The van der Waals surface area contributed by atoms with E-state index in [1.54, 1.807) is 25.3 Å². The van der Waals surface area contributed by atoms with Crippen LogP contribution in [0.15, 0.2) is 23.1 Å². The Bertz CT molecular complexity index is 509. The largest absolute Gasteiger partial charge is 0.496 e. The number of methoxy groups -OCH3 is 1. The van der Waals surface area contributed by atoms with Crippen molar-refractivity contribution >= 4 is 10.0 Å². The fourth-order valence-electron chi connectivity index (χ4n) is 1.47. The standard InChI is InChI=1S/C13H21NO3S/c1-9(2)11(4)14-18(15,16)12-6-7-13(17-5)10(3)8-12/h6-9,11,14H,1-5H3. The summed E-state index contributed by atoms with van der Waals surface area (Å²) in [5, 5.41) is 0. The summed E-state index contributed by atoms with van der Waals surface area (Å²) in [6, 6.07) is 4.75. The Balaban J connectivity index is 3.02. The van der Waals surface area contributed by atoms with Crippen molar-refractivity contribution in [3.05, 3.63) is 23.8 Å². The first-order valence-electron chi connectivity index (χ1n) is 5.95. The van der Waals surface area contributed by atoms with E-state index in [1.165, 1.54) is 0 Å². The van der Waals surface area contributed by atoms with Crippen LogP contribution in [0.25, 0.3) is 0 Å². The fraction of sp³-hybridized carbons (Fsp3) is 0.538. The van der Waals surface area contributed by atoms with E-state index in [2.05, 4.69) is 4.72 Å². The van der Waals surface area contributed by atoms with Gasteiger partial charge in [-0.15, -0.1) is 0 Å².